The molecular formula is C19H17F3N2O4. The van der Waals surface area contributed by atoms with E-state index in [1.54, 1.807) is 0 Å². The number of alkyl halides is 3. The van der Waals surface area contributed by atoms with Crippen LogP contribution in [0.4, 0.5) is 24.5 Å². The molecule has 1 N–H and O–H groups in total. The van der Waals surface area contributed by atoms with Gasteiger partial charge in [-0.15, -0.1) is 0 Å². The van der Waals surface area contributed by atoms with Crippen LogP contribution in [0.3, 0.4) is 0 Å². The average Bonchev–Trinajstić information content (AvgIpc) is 2.65. The van der Waals surface area contributed by atoms with Crippen LogP contribution in [-0.4, -0.2) is 31.4 Å². The second-order valence-electron chi connectivity index (χ2n) is 5.77. The Balaban J connectivity index is 2.08. The van der Waals surface area contributed by atoms with E-state index in [1.165, 1.54) is 38.3 Å². The Morgan fingerprint density at radius 1 is 1.00 bits per heavy atom. The molecule has 0 heterocycles. The van der Waals surface area contributed by atoms with Crippen LogP contribution in [0.5, 0.6) is 0 Å². The molecule has 28 heavy (non-hydrogen) atoms. The molecule has 0 aliphatic heterocycles. The number of carbonyl (C=O) groups is 3. The maximum Gasteiger partial charge on any atom is 0.416 e. The molecule has 148 valence electrons. The molecule has 0 aliphatic rings. The molecule has 0 fully saturated rings. The summed E-state index contributed by atoms with van der Waals surface area (Å²) >= 11 is 0. The molecule has 6 nitrogen and oxygen atoms in total. The van der Waals surface area contributed by atoms with Crippen LogP contribution in [0.15, 0.2) is 48.5 Å². The van der Waals surface area contributed by atoms with Crippen LogP contribution in [0.2, 0.25) is 0 Å². The van der Waals surface area contributed by atoms with Gasteiger partial charge in [-0.3, -0.25) is 9.59 Å². The molecule has 0 atom stereocenters. The van der Waals surface area contributed by atoms with Gasteiger partial charge in [0.05, 0.1) is 18.2 Å². The first-order valence-electron chi connectivity index (χ1n) is 8.05. The van der Waals surface area contributed by atoms with Gasteiger partial charge in [-0.2, -0.15) is 13.2 Å². The van der Waals surface area contributed by atoms with Crippen molar-refractivity contribution in [3.63, 3.8) is 0 Å². The highest BCUT2D eigenvalue weighted by Crippen LogP contribution is 2.30. The molecule has 0 saturated heterocycles. The number of carbonyl (C=O) groups excluding carboxylic acids is 3. The molecule has 0 aliphatic carbocycles. The first-order chi connectivity index (χ1) is 13.1. The topological polar surface area (TPSA) is 75.7 Å². The third-order valence-electron chi connectivity index (χ3n) is 3.78. The highest BCUT2D eigenvalue weighted by atomic mass is 19.4. The molecule has 9 heteroatoms. The van der Waals surface area contributed by atoms with Gasteiger partial charge in [-0.25, -0.2) is 4.79 Å². The lowest BCUT2D eigenvalue weighted by molar-refractivity contribution is -0.137. The Bertz CT molecular complexity index is 862. The van der Waals surface area contributed by atoms with Crippen molar-refractivity contribution in [2.45, 2.75) is 13.1 Å². The summed E-state index contributed by atoms with van der Waals surface area (Å²) in [6.07, 6.45) is -4.49. The summed E-state index contributed by atoms with van der Waals surface area (Å²) in [5.74, 6) is -1.58. The normalized spacial score (nSPS) is 10.9. The average molecular weight is 394 g/mol. The van der Waals surface area contributed by atoms with Crippen molar-refractivity contribution in [3.05, 3.63) is 59.7 Å². The molecule has 0 unspecified atom stereocenters. The van der Waals surface area contributed by atoms with E-state index in [1.807, 2.05) is 0 Å². The lowest BCUT2D eigenvalue weighted by Crippen LogP contribution is -2.36. The van der Waals surface area contributed by atoms with E-state index in [-0.39, 0.29) is 12.2 Å². The first kappa shape index (κ1) is 20.9. The molecule has 0 bridgehead atoms. The SMILES string of the molecule is COC(=O)c1ccc(NC(=O)CN(C(C)=O)c2ccc(C(F)(F)F)cc2)cc1. The van der Waals surface area contributed by atoms with E-state index < -0.39 is 29.5 Å². The number of methoxy groups -OCH3 is 1. The van der Waals surface area contributed by atoms with Crippen LogP contribution < -0.4 is 10.2 Å². The van der Waals surface area contributed by atoms with Gasteiger partial charge in [0, 0.05) is 18.3 Å². The van der Waals surface area contributed by atoms with Crippen molar-refractivity contribution in [2.75, 3.05) is 23.9 Å². The Labute approximate surface area is 158 Å². The Morgan fingerprint density at radius 3 is 2.04 bits per heavy atom. The zero-order valence-electron chi connectivity index (χ0n) is 15.0. The van der Waals surface area contributed by atoms with E-state index in [2.05, 4.69) is 10.1 Å². The number of hydrogen-bond donors (Lipinski definition) is 1. The van der Waals surface area contributed by atoms with Crippen LogP contribution in [0, 0.1) is 0 Å². The number of nitrogens with zero attached hydrogens (tertiary/aromatic N) is 1. The molecule has 0 radical (unpaired) electrons. The zero-order valence-corrected chi connectivity index (χ0v) is 15.0. The van der Waals surface area contributed by atoms with Crippen LogP contribution in [0.25, 0.3) is 0 Å². The number of rotatable bonds is 5. The zero-order chi connectivity index (χ0) is 20.9. The maximum atomic E-state index is 12.7. The number of benzene rings is 2. The maximum absolute atomic E-state index is 12.7. The second-order valence-corrected chi connectivity index (χ2v) is 5.77. The van der Waals surface area contributed by atoms with Gasteiger partial charge in [0.2, 0.25) is 11.8 Å². The standard InChI is InChI=1S/C19H17F3N2O4/c1-12(25)24(16-9-5-14(6-10-16)19(20,21)22)11-17(26)23-15-7-3-13(4-8-15)18(27)28-2/h3-10H,11H2,1-2H3,(H,23,26). The van der Waals surface area contributed by atoms with Crippen molar-refractivity contribution < 1.29 is 32.3 Å². The van der Waals surface area contributed by atoms with Crippen LogP contribution in [-0.2, 0) is 20.5 Å². The Hall–Kier alpha value is -3.36. The predicted octanol–water partition coefficient (Wildman–Crippen LogP) is 3.48. The summed E-state index contributed by atoms with van der Waals surface area (Å²) in [5, 5.41) is 2.55. The summed E-state index contributed by atoms with van der Waals surface area (Å²) in [6, 6.07) is 9.83. The molecule has 2 rings (SSSR count). The molecule has 0 aromatic heterocycles. The fourth-order valence-corrected chi connectivity index (χ4v) is 2.37. The lowest BCUT2D eigenvalue weighted by atomic mass is 10.2. The van der Waals surface area contributed by atoms with Crippen molar-refractivity contribution >= 4 is 29.2 Å². The number of esters is 1. The van der Waals surface area contributed by atoms with E-state index in [9.17, 15) is 27.6 Å². The number of anilines is 2. The van der Waals surface area contributed by atoms with Crippen molar-refractivity contribution in [1.82, 2.24) is 0 Å². The molecule has 0 spiro atoms. The van der Waals surface area contributed by atoms with Crippen molar-refractivity contribution in [1.29, 1.82) is 0 Å². The number of hydrogen-bond acceptors (Lipinski definition) is 4. The van der Waals surface area contributed by atoms with Gasteiger partial charge < -0.3 is 15.0 Å². The molecule has 2 aromatic rings. The Kier molecular flexibility index (Phi) is 6.40. The number of amides is 2. The number of ether oxygens (including phenoxy) is 1. The monoisotopic (exact) mass is 394 g/mol. The minimum absolute atomic E-state index is 0.164. The van der Waals surface area contributed by atoms with Gasteiger partial charge in [0.25, 0.3) is 0 Å². The number of nitrogens with one attached hydrogen (secondary N) is 1. The lowest BCUT2D eigenvalue weighted by Gasteiger charge is -2.21. The van der Waals surface area contributed by atoms with Gasteiger partial charge in [0.1, 0.15) is 6.54 Å². The fraction of sp³-hybridized carbons (Fsp3) is 0.211. The van der Waals surface area contributed by atoms with E-state index in [0.29, 0.717) is 11.3 Å². The molecule has 2 amide bonds. The van der Waals surface area contributed by atoms with Crippen LogP contribution >= 0.6 is 0 Å². The first-order valence-corrected chi connectivity index (χ1v) is 8.05. The van der Waals surface area contributed by atoms with Gasteiger partial charge in [-0.1, -0.05) is 0 Å². The van der Waals surface area contributed by atoms with Crippen molar-refractivity contribution in [2.24, 2.45) is 0 Å². The third kappa shape index (κ3) is 5.32. The van der Waals surface area contributed by atoms with Gasteiger partial charge in [0.15, 0.2) is 0 Å². The highest BCUT2D eigenvalue weighted by molar-refractivity contribution is 6.02. The summed E-state index contributed by atoms with van der Waals surface area (Å²) in [4.78, 5) is 36.5. The molecular weight excluding hydrogens is 377 g/mol. The Morgan fingerprint density at radius 2 is 1.57 bits per heavy atom. The second kappa shape index (κ2) is 8.55. The highest BCUT2D eigenvalue weighted by Gasteiger charge is 2.30. The summed E-state index contributed by atoms with van der Waals surface area (Å²) < 4.78 is 42.6. The quantitative estimate of drug-likeness (QED) is 0.788. The van der Waals surface area contributed by atoms with Crippen molar-refractivity contribution in [3.8, 4) is 0 Å². The summed E-state index contributed by atoms with van der Waals surface area (Å²) in [7, 11) is 1.25. The summed E-state index contributed by atoms with van der Waals surface area (Å²) in [6.45, 7) is 0.815. The number of halogens is 3. The molecule has 2 aromatic carbocycles. The minimum Gasteiger partial charge on any atom is -0.465 e. The van der Waals surface area contributed by atoms with E-state index in [4.69, 9.17) is 0 Å². The third-order valence-corrected chi connectivity index (χ3v) is 3.78. The minimum atomic E-state index is -4.49. The predicted molar refractivity (Wildman–Crippen MR) is 95.9 cm³/mol. The summed E-state index contributed by atoms with van der Waals surface area (Å²) in [5.41, 5.74) is -0.00391. The van der Waals surface area contributed by atoms with E-state index in [0.717, 1.165) is 29.2 Å². The van der Waals surface area contributed by atoms with Gasteiger partial charge in [-0.05, 0) is 48.5 Å². The van der Waals surface area contributed by atoms with E-state index >= 15 is 0 Å². The fourth-order valence-electron chi connectivity index (χ4n) is 2.37. The van der Waals surface area contributed by atoms with Crippen LogP contribution in [0.1, 0.15) is 22.8 Å². The largest absolute Gasteiger partial charge is 0.465 e. The van der Waals surface area contributed by atoms with Gasteiger partial charge >= 0.3 is 12.1 Å². The molecule has 0 saturated carbocycles. The smallest absolute Gasteiger partial charge is 0.416 e.